The van der Waals surface area contributed by atoms with Crippen molar-refractivity contribution in [2.75, 3.05) is 30.2 Å². The van der Waals surface area contributed by atoms with Gasteiger partial charge in [0.1, 0.15) is 5.75 Å². The summed E-state index contributed by atoms with van der Waals surface area (Å²) >= 11 is 0. The van der Waals surface area contributed by atoms with Crippen LogP contribution in [0.2, 0.25) is 0 Å². The summed E-state index contributed by atoms with van der Waals surface area (Å²) in [7, 11) is -3.53. The minimum Gasteiger partial charge on any atom is -0.476 e. The number of fused-ring (bicyclic) bond motifs is 1. The molecule has 1 amide bonds. The third-order valence-corrected chi connectivity index (χ3v) is 6.74. The highest BCUT2D eigenvalue weighted by Gasteiger charge is 2.34. The van der Waals surface area contributed by atoms with Crippen LogP contribution in [0.25, 0.3) is 0 Å². The van der Waals surface area contributed by atoms with Crippen LogP contribution in [0.3, 0.4) is 0 Å². The summed E-state index contributed by atoms with van der Waals surface area (Å²) in [6.07, 6.45) is 2.70. The van der Waals surface area contributed by atoms with Gasteiger partial charge in [0.15, 0.2) is 6.10 Å². The first-order valence-corrected chi connectivity index (χ1v) is 12.1. The molecule has 0 bridgehead atoms. The van der Waals surface area contributed by atoms with E-state index in [1.54, 1.807) is 24.3 Å². The zero-order valence-corrected chi connectivity index (χ0v) is 17.9. The molecule has 1 atom stereocenters. The number of anilines is 1. The fourth-order valence-electron chi connectivity index (χ4n) is 4.01. The summed E-state index contributed by atoms with van der Waals surface area (Å²) < 4.78 is 31.5. The summed E-state index contributed by atoms with van der Waals surface area (Å²) in [5, 5.41) is 2.93. The van der Waals surface area contributed by atoms with Crippen LogP contribution in [0.15, 0.2) is 48.5 Å². The summed E-state index contributed by atoms with van der Waals surface area (Å²) in [5.41, 5.74) is 2.72. The van der Waals surface area contributed by atoms with E-state index in [2.05, 4.69) is 16.3 Å². The Hall–Kier alpha value is -2.58. The van der Waals surface area contributed by atoms with E-state index < -0.39 is 16.1 Å². The van der Waals surface area contributed by atoms with Crippen molar-refractivity contribution < 1.29 is 17.9 Å². The molecule has 1 fully saturated rings. The predicted molar refractivity (Wildman–Crippen MR) is 116 cm³/mol. The molecule has 0 aromatic heterocycles. The van der Waals surface area contributed by atoms with Crippen molar-refractivity contribution in [1.82, 2.24) is 10.2 Å². The monoisotopic (exact) mass is 429 g/mol. The molecule has 2 aromatic carbocycles. The lowest BCUT2D eigenvalue weighted by atomic mass is 10.1. The predicted octanol–water partition coefficient (Wildman–Crippen LogP) is 2.13. The number of nitrogens with one attached hydrogen (secondary N) is 1. The Morgan fingerprint density at radius 3 is 2.47 bits per heavy atom. The average Bonchev–Trinajstić information content (AvgIpc) is 3.24. The van der Waals surface area contributed by atoms with E-state index in [1.807, 2.05) is 18.2 Å². The molecule has 1 saturated heterocycles. The Balaban J connectivity index is 1.45. The minimum atomic E-state index is -3.53. The third kappa shape index (κ3) is 4.60. The topological polar surface area (TPSA) is 79.0 Å². The van der Waals surface area contributed by atoms with Gasteiger partial charge in [-0.15, -0.1) is 0 Å². The highest BCUT2D eigenvalue weighted by atomic mass is 32.2. The number of ether oxygens (including phenoxy) is 1. The van der Waals surface area contributed by atoms with Crippen molar-refractivity contribution in [2.24, 2.45) is 0 Å². The first-order valence-electron chi connectivity index (χ1n) is 10.2. The van der Waals surface area contributed by atoms with Crippen LogP contribution in [-0.4, -0.2) is 51.2 Å². The van der Waals surface area contributed by atoms with E-state index in [1.165, 1.54) is 22.7 Å². The number of nitrogens with zero attached hydrogens (tertiary/aromatic N) is 2. The molecule has 7 nitrogen and oxygen atoms in total. The zero-order chi connectivity index (χ0) is 21.1. The van der Waals surface area contributed by atoms with Crippen molar-refractivity contribution in [3.8, 4) is 5.75 Å². The van der Waals surface area contributed by atoms with Gasteiger partial charge in [-0.2, -0.15) is 0 Å². The van der Waals surface area contributed by atoms with E-state index in [9.17, 15) is 13.2 Å². The highest BCUT2D eigenvalue weighted by Crippen LogP contribution is 2.34. The molecular formula is C22H27N3O4S. The number of amides is 1. The summed E-state index contributed by atoms with van der Waals surface area (Å²) in [5.74, 6) is 0.0675. The Labute approximate surface area is 177 Å². The maximum atomic E-state index is 12.8. The first-order chi connectivity index (χ1) is 14.4. The quantitative estimate of drug-likeness (QED) is 0.761. The number of hydrogen-bond donors (Lipinski definition) is 1. The van der Waals surface area contributed by atoms with Crippen molar-refractivity contribution in [2.45, 2.75) is 32.0 Å². The fourth-order valence-corrected chi connectivity index (χ4v) is 4.93. The van der Waals surface area contributed by atoms with Gasteiger partial charge in [-0.05, 0) is 49.2 Å². The Morgan fingerprint density at radius 1 is 1.07 bits per heavy atom. The molecule has 2 aromatic rings. The maximum Gasteiger partial charge on any atom is 0.263 e. The normalized spacial score (nSPS) is 19.2. The molecule has 2 heterocycles. The summed E-state index contributed by atoms with van der Waals surface area (Å²) in [4.78, 5) is 15.3. The number of benzene rings is 2. The Kier molecular flexibility index (Phi) is 5.97. The second kappa shape index (κ2) is 8.65. The van der Waals surface area contributed by atoms with Gasteiger partial charge in [0, 0.05) is 13.1 Å². The number of carbonyl (C=O) groups excluding carboxylic acids is 1. The van der Waals surface area contributed by atoms with Crippen LogP contribution in [-0.2, 0) is 27.9 Å². The largest absolute Gasteiger partial charge is 0.476 e. The molecular weight excluding hydrogens is 402 g/mol. The number of rotatable bonds is 6. The van der Waals surface area contributed by atoms with E-state index >= 15 is 0 Å². The average molecular weight is 430 g/mol. The lowest BCUT2D eigenvalue weighted by Crippen LogP contribution is -2.50. The lowest BCUT2D eigenvalue weighted by molar-refractivity contribution is -0.127. The Bertz CT molecular complexity index is 1020. The molecule has 0 aliphatic carbocycles. The molecule has 4 rings (SSSR count). The van der Waals surface area contributed by atoms with Gasteiger partial charge >= 0.3 is 0 Å². The SMILES string of the molecule is CS(=O)(=O)N1CC(C(=O)NCc2ccccc2CN2CCCC2)Oc2ccccc21. The number of para-hydroxylation sites is 2. The van der Waals surface area contributed by atoms with Crippen molar-refractivity contribution in [1.29, 1.82) is 0 Å². The van der Waals surface area contributed by atoms with Gasteiger partial charge < -0.3 is 10.1 Å². The lowest BCUT2D eigenvalue weighted by Gasteiger charge is -2.33. The number of carbonyl (C=O) groups is 1. The summed E-state index contributed by atoms with van der Waals surface area (Å²) in [6, 6.07) is 15.0. The fraction of sp³-hybridized carbons (Fsp3) is 0.409. The van der Waals surface area contributed by atoms with Gasteiger partial charge in [0.2, 0.25) is 10.0 Å². The van der Waals surface area contributed by atoms with E-state index in [0.717, 1.165) is 31.5 Å². The first kappa shape index (κ1) is 20.7. The molecule has 0 saturated carbocycles. The van der Waals surface area contributed by atoms with Crippen LogP contribution in [0, 0.1) is 0 Å². The number of sulfonamides is 1. The van der Waals surface area contributed by atoms with E-state index in [4.69, 9.17) is 4.74 Å². The standard InChI is InChI=1S/C22H27N3O4S/c1-30(27,28)25-16-21(29-20-11-5-4-10-19(20)25)22(26)23-14-17-8-2-3-9-18(17)15-24-12-6-7-13-24/h2-5,8-11,21H,6-7,12-16H2,1H3,(H,23,26). The molecule has 2 aliphatic rings. The Morgan fingerprint density at radius 2 is 1.73 bits per heavy atom. The van der Waals surface area contributed by atoms with Gasteiger partial charge in [0.05, 0.1) is 18.5 Å². The molecule has 0 spiro atoms. The van der Waals surface area contributed by atoms with Crippen molar-refractivity contribution in [3.63, 3.8) is 0 Å². The van der Waals surface area contributed by atoms with Crippen molar-refractivity contribution in [3.05, 3.63) is 59.7 Å². The molecule has 1 N–H and O–H groups in total. The van der Waals surface area contributed by atoms with Gasteiger partial charge in [0.25, 0.3) is 5.91 Å². The summed E-state index contributed by atoms with van der Waals surface area (Å²) in [6.45, 7) is 3.43. The second-order valence-corrected chi connectivity index (χ2v) is 9.74. The maximum absolute atomic E-state index is 12.8. The second-order valence-electron chi connectivity index (χ2n) is 7.84. The van der Waals surface area contributed by atoms with Crippen LogP contribution in [0.4, 0.5) is 5.69 Å². The molecule has 30 heavy (non-hydrogen) atoms. The molecule has 1 unspecified atom stereocenters. The number of hydrogen-bond acceptors (Lipinski definition) is 5. The number of likely N-dealkylation sites (tertiary alicyclic amines) is 1. The van der Waals surface area contributed by atoms with E-state index in [0.29, 0.717) is 18.0 Å². The van der Waals surface area contributed by atoms with E-state index in [-0.39, 0.29) is 12.5 Å². The molecule has 8 heteroatoms. The van der Waals surface area contributed by atoms with Crippen LogP contribution in [0.1, 0.15) is 24.0 Å². The van der Waals surface area contributed by atoms with Gasteiger partial charge in [-0.3, -0.25) is 14.0 Å². The van der Waals surface area contributed by atoms with Crippen LogP contribution >= 0.6 is 0 Å². The van der Waals surface area contributed by atoms with Crippen LogP contribution in [0.5, 0.6) is 5.75 Å². The van der Waals surface area contributed by atoms with Crippen molar-refractivity contribution >= 4 is 21.6 Å². The zero-order valence-electron chi connectivity index (χ0n) is 17.1. The third-order valence-electron chi connectivity index (χ3n) is 5.59. The minimum absolute atomic E-state index is 0.0445. The highest BCUT2D eigenvalue weighted by molar-refractivity contribution is 7.92. The molecule has 160 valence electrons. The molecule has 2 aliphatic heterocycles. The van der Waals surface area contributed by atoms with Crippen LogP contribution < -0.4 is 14.4 Å². The molecule has 0 radical (unpaired) electrons. The van der Waals surface area contributed by atoms with Gasteiger partial charge in [-0.1, -0.05) is 36.4 Å². The van der Waals surface area contributed by atoms with Gasteiger partial charge in [-0.25, -0.2) is 8.42 Å². The smallest absolute Gasteiger partial charge is 0.263 e.